The van der Waals surface area contributed by atoms with Crippen LogP contribution in [0.25, 0.3) is 0 Å². The summed E-state index contributed by atoms with van der Waals surface area (Å²) in [5, 5.41) is 7.95. The number of carboxylic acid groups (broad SMARTS) is 1. The molecule has 0 aliphatic carbocycles. The van der Waals surface area contributed by atoms with Gasteiger partial charge in [-0.3, -0.25) is 0 Å². The molecule has 0 aliphatic rings. The largest absolute Gasteiger partial charge is 0.479 e. The zero-order valence-corrected chi connectivity index (χ0v) is 9.68. The van der Waals surface area contributed by atoms with Crippen LogP contribution in [0.4, 0.5) is 43.9 Å². The van der Waals surface area contributed by atoms with Crippen LogP contribution in [0.15, 0.2) is 0 Å². The SMILES string of the molecule is O=C(O)C(F)C(F)C(F)C(F)C(F)C(F)C(F)C(F)(F)F. The van der Waals surface area contributed by atoms with Gasteiger partial charge in [0.1, 0.15) is 0 Å². The standard InChI is InChI=1S/C9H8F10O2/c10-1(2(11)4(13)6(15)8(20)21)3(12)5(14)7(16)9(17,18)19/h1-7H,(H,20,21). The third kappa shape index (κ3) is 4.92. The molecule has 0 amide bonds. The summed E-state index contributed by atoms with van der Waals surface area (Å²) in [4.78, 5) is 9.93. The van der Waals surface area contributed by atoms with Crippen molar-refractivity contribution in [3.8, 4) is 0 Å². The molecule has 2 nitrogen and oxygen atoms in total. The second kappa shape index (κ2) is 7.16. The summed E-state index contributed by atoms with van der Waals surface area (Å²) in [6.07, 6.45) is -34.2. The summed E-state index contributed by atoms with van der Waals surface area (Å²) in [6, 6.07) is 0. The Balaban J connectivity index is 4.91. The lowest BCUT2D eigenvalue weighted by atomic mass is 9.99. The number of rotatable bonds is 7. The molecule has 0 heterocycles. The minimum atomic E-state index is -5.92. The smallest absolute Gasteiger partial charge is 0.422 e. The van der Waals surface area contributed by atoms with E-state index in [1.807, 2.05) is 0 Å². The van der Waals surface area contributed by atoms with Gasteiger partial charge in [-0.2, -0.15) is 13.2 Å². The highest BCUT2D eigenvalue weighted by atomic mass is 19.4. The molecule has 0 aromatic rings. The van der Waals surface area contributed by atoms with Crippen LogP contribution in [0.1, 0.15) is 0 Å². The monoisotopic (exact) mass is 338 g/mol. The van der Waals surface area contributed by atoms with E-state index in [1.54, 1.807) is 0 Å². The van der Waals surface area contributed by atoms with E-state index < -0.39 is 55.3 Å². The minimum absolute atomic E-state index is 2.59. The number of carboxylic acids is 1. The Labute approximate surface area is 110 Å². The van der Waals surface area contributed by atoms with Gasteiger partial charge in [0, 0.05) is 0 Å². The molecule has 1 N–H and O–H groups in total. The van der Waals surface area contributed by atoms with Crippen LogP contribution in [0, 0.1) is 0 Å². The first kappa shape index (κ1) is 19.8. The number of halogens is 10. The van der Waals surface area contributed by atoms with Gasteiger partial charge in [-0.25, -0.2) is 35.5 Å². The summed E-state index contributed by atoms with van der Waals surface area (Å²) < 4.78 is 124. The number of hydrogen-bond donors (Lipinski definition) is 1. The van der Waals surface area contributed by atoms with Gasteiger partial charge in [-0.05, 0) is 0 Å². The second-order valence-corrected chi connectivity index (χ2v) is 3.91. The van der Waals surface area contributed by atoms with Crippen LogP contribution >= 0.6 is 0 Å². The van der Waals surface area contributed by atoms with Crippen LogP contribution in [0.3, 0.4) is 0 Å². The molecule has 0 aliphatic heterocycles. The Bertz CT molecular complexity index is 348. The van der Waals surface area contributed by atoms with Crippen LogP contribution < -0.4 is 0 Å². The Hall–Kier alpha value is -1.23. The molecular formula is C9H8F10O2. The van der Waals surface area contributed by atoms with E-state index in [9.17, 15) is 48.7 Å². The molecule has 0 aromatic heterocycles. The van der Waals surface area contributed by atoms with Crippen molar-refractivity contribution >= 4 is 5.97 Å². The Morgan fingerprint density at radius 2 is 1.05 bits per heavy atom. The van der Waals surface area contributed by atoms with Gasteiger partial charge in [0.05, 0.1) is 0 Å². The Morgan fingerprint density at radius 1 is 0.714 bits per heavy atom. The first-order chi connectivity index (χ1) is 9.32. The first-order valence-electron chi connectivity index (χ1n) is 5.10. The fourth-order valence-electron chi connectivity index (χ4n) is 1.17. The maximum absolute atomic E-state index is 12.9. The molecule has 0 radical (unpaired) electrons. The number of aliphatic carboxylic acids is 1. The van der Waals surface area contributed by atoms with Crippen LogP contribution in [0.5, 0.6) is 0 Å². The summed E-state index contributed by atoms with van der Waals surface area (Å²) in [5.74, 6) is -2.59. The number of carbonyl (C=O) groups is 1. The molecule has 12 heteroatoms. The zero-order chi connectivity index (χ0) is 17.1. The van der Waals surface area contributed by atoms with Gasteiger partial charge < -0.3 is 5.11 Å². The lowest BCUT2D eigenvalue weighted by molar-refractivity contribution is -0.206. The van der Waals surface area contributed by atoms with Crippen LogP contribution in [-0.2, 0) is 4.79 Å². The molecular weight excluding hydrogens is 330 g/mol. The molecule has 21 heavy (non-hydrogen) atoms. The quantitative estimate of drug-likeness (QED) is 0.725. The number of alkyl halides is 10. The predicted molar refractivity (Wildman–Crippen MR) is 48.0 cm³/mol. The van der Waals surface area contributed by atoms with Crippen LogP contribution in [0.2, 0.25) is 0 Å². The topological polar surface area (TPSA) is 37.3 Å². The molecule has 0 saturated heterocycles. The predicted octanol–water partition coefficient (Wildman–Crippen LogP) is 3.00. The Morgan fingerprint density at radius 3 is 1.38 bits per heavy atom. The summed E-state index contributed by atoms with van der Waals surface area (Å²) in [7, 11) is 0. The molecule has 0 rings (SSSR count). The van der Waals surface area contributed by atoms with E-state index in [0.29, 0.717) is 0 Å². The van der Waals surface area contributed by atoms with E-state index >= 15 is 0 Å². The third-order valence-electron chi connectivity index (χ3n) is 2.32. The zero-order valence-electron chi connectivity index (χ0n) is 9.68. The summed E-state index contributed by atoms with van der Waals surface area (Å²) in [5.41, 5.74) is 0. The van der Waals surface area contributed by atoms with Gasteiger partial charge >= 0.3 is 12.1 Å². The molecule has 7 unspecified atom stereocenters. The van der Waals surface area contributed by atoms with E-state index in [4.69, 9.17) is 5.11 Å². The average molecular weight is 338 g/mol. The fourth-order valence-corrected chi connectivity index (χ4v) is 1.17. The summed E-state index contributed by atoms with van der Waals surface area (Å²) >= 11 is 0. The van der Waals surface area contributed by atoms with Crippen molar-refractivity contribution in [3.63, 3.8) is 0 Å². The molecule has 0 bridgehead atoms. The minimum Gasteiger partial charge on any atom is -0.479 e. The van der Waals surface area contributed by atoms with Crippen LogP contribution in [-0.4, -0.2) is 60.5 Å². The lowest BCUT2D eigenvalue weighted by Gasteiger charge is -2.25. The second-order valence-electron chi connectivity index (χ2n) is 3.91. The lowest BCUT2D eigenvalue weighted by Crippen LogP contribution is -2.49. The normalized spacial score (nSPS) is 22.8. The van der Waals surface area contributed by atoms with Crippen molar-refractivity contribution in [2.75, 3.05) is 0 Å². The summed E-state index contributed by atoms with van der Waals surface area (Å²) in [6.45, 7) is 0. The van der Waals surface area contributed by atoms with Gasteiger partial charge in [0.2, 0.25) is 12.3 Å². The Kier molecular flexibility index (Phi) is 6.74. The van der Waals surface area contributed by atoms with Gasteiger partial charge in [0.25, 0.3) is 0 Å². The molecule has 0 spiro atoms. The third-order valence-corrected chi connectivity index (χ3v) is 2.32. The fraction of sp³-hybridized carbons (Fsp3) is 0.889. The van der Waals surface area contributed by atoms with Crippen molar-refractivity contribution in [2.45, 2.75) is 49.4 Å². The highest BCUT2D eigenvalue weighted by Crippen LogP contribution is 2.32. The van der Waals surface area contributed by atoms with Gasteiger partial charge in [-0.1, -0.05) is 0 Å². The molecule has 0 aromatic carbocycles. The number of hydrogen-bond acceptors (Lipinski definition) is 1. The van der Waals surface area contributed by atoms with E-state index in [1.165, 1.54) is 0 Å². The highest BCUT2D eigenvalue weighted by molar-refractivity contribution is 5.73. The molecule has 0 fully saturated rings. The molecule has 126 valence electrons. The maximum atomic E-state index is 12.9. The van der Waals surface area contributed by atoms with E-state index in [-0.39, 0.29) is 0 Å². The molecule has 7 atom stereocenters. The maximum Gasteiger partial charge on any atom is 0.422 e. The van der Waals surface area contributed by atoms with Crippen molar-refractivity contribution in [2.24, 2.45) is 0 Å². The van der Waals surface area contributed by atoms with E-state index in [0.717, 1.165) is 0 Å². The van der Waals surface area contributed by atoms with Crippen molar-refractivity contribution in [3.05, 3.63) is 0 Å². The average Bonchev–Trinajstić information content (AvgIpc) is 2.40. The van der Waals surface area contributed by atoms with Crippen molar-refractivity contribution in [1.82, 2.24) is 0 Å². The van der Waals surface area contributed by atoms with E-state index in [2.05, 4.69) is 0 Å². The molecule has 0 saturated carbocycles. The first-order valence-corrected chi connectivity index (χ1v) is 5.10. The van der Waals surface area contributed by atoms with Gasteiger partial charge in [0.15, 0.2) is 30.9 Å². The highest BCUT2D eigenvalue weighted by Gasteiger charge is 2.53. The van der Waals surface area contributed by atoms with Gasteiger partial charge in [-0.15, -0.1) is 0 Å². The van der Waals surface area contributed by atoms with Crippen molar-refractivity contribution in [1.29, 1.82) is 0 Å². The van der Waals surface area contributed by atoms with Crippen molar-refractivity contribution < 1.29 is 53.8 Å².